The number of amides is 1. The van der Waals surface area contributed by atoms with Gasteiger partial charge in [-0.05, 0) is 32.5 Å². The Kier molecular flexibility index (Phi) is 7.18. The van der Waals surface area contributed by atoms with E-state index in [0.29, 0.717) is 12.2 Å². The molecule has 0 bridgehead atoms. The van der Waals surface area contributed by atoms with Crippen LogP contribution in [0, 0.1) is 0 Å². The van der Waals surface area contributed by atoms with Gasteiger partial charge in [-0.2, -0.15) is 0 Å². The number of aromatic nitrogens is 1. The number of carbonyl (C=O) groups is 1. The molecule has 108 valence electrons. The second-order valence-electron chi connectivity index (χ2n) is 4.56. The SMILES string of the molecule is CCCc1cc(C(=O)NCCCN(CC)CC)no1. The number of rotatable bonds is 9. The van der Waals surface area contributed by atoms with Crippen molar-refractivity contribution < 1.29 is 9.32 Å². The van der Waals surface area contributed by atoms with E-state index in [-0.39, 0.29) is 5.91 Å². The van der Waals surface area contributed by atoms with Crippen molar-refractivity contribution in [2.24, 2.45) is 0 Å². The third-order valence-corrected chi connectivity index (χ3v) is 3.12. The van der Waals surface area contributed by atoms with Crippen molar-refractivity contribution >= 4 is 5.91 Å². The minimum absolute atomic E-state index is 0.148. The van der Waals surface area contributed by atoms with Gasteiger partial charge in [-0.15, -0.1) is 0 Å². The Morgan fingerprint density at radius 1 is 1.37 bits per heavy atom. The lowest BCUT2D eigenvalue weighted by atomic mass is 10.2. The second-order valence-corrected chi connectivity index (χ2v) is 4.56. The van der Waals surface area contributed by atoms with Gasteiger partial charge in [-0.3, -0.25) is 4.79 Å². The molecule has 1 heterocycles. The Balaban J connectivity index is 2.26. The number of hydrogen-bond donors (Lipinski definition) is 1. The van der Waals surface area contributed by atoms with Gasteiger partial charge in [0.05, 0.1) is 0 Å². The van der Waals surface area contributed by atoms with Gasteiger partial charge in [0.1, 0.15) is 5.76 Å². The zero-order valence-corrected chi connectivity index (χ0v) is 12.2. The molecule has 0 radical (unpaired) electrons. The van der Waals surface area contributed by atoms with E-state index in [9.17, 15) is 4.79 Å². The molecule has 5 nitrogen and oxygen atoms in total. The summed E-state index contributed by atoms with van der Waals surface area (Å²) in [6, 6.07) is 1.73. The van der Waals surface area contributed by atoms with Gasteiger partial charge in [-0.1, -0.05) is 25.9 Å². The number of hydrogen-bond acceptors (Lipinski definition) is 4. The van der Waals surface area contributed by atoms with E-state index in [1.54, 1.807) is 6.07 Å². The van der Waals surface area contributed by atoms with Crippen molar-refractivity contribution in [3.8, 4) is 0 Å². The summed E-state index contributed by atoms with van der Waals surface area (Å²) in [6.45, 7) is 10.1. The standard InChI is InChI=1S/C14H25N3O2/c1-4-8-12-11-13(16-19-12)14(18)15-9-7-10-17(5-2)6-3/h11H,4-10H2,1-3H3,(H,15,18). The van der Waals surface area contributed by atoms with E-state index in [4.69, 9.17) is 4.52 Å². The molecule has 0 saturated carbocycles. The summed E-state index contributed by atoms with van der Waals surface area (Å²) >= 11 is 0. The average molecular weight is 267 g/mol. The minimum atomic E-state index is -0.148. The summed E-state index contributed by atoms with van der Waals surface area (Å²) in [5, 5.41) is 6.65. The lowest BCUT2D eigenvalue weighted by molar-refractivity contribution is 0.0942. The van der Waals surface area contributed by atoms with Crippen molar-refractivity contribution in [3.05, 3.63) is 17.5 Å². The van der Waals surface area contributed by atoms with E-state index in [1.165, 1.54) is 0 Å². The second kappa shape index (κ2) is 8.69. The molecule has 1 rings (SSSR count). The number of nitrogens with one attached hydrogen (secondary N) is 1. The smallest absolute Gasteiger partial charge is 0.273 e. The molecule has 0 saturated heterocycles. The Bertz CT molecular complexity index is 373. The topological polar surface area (TPSA) is 58.4 Å². The fraction of sp³-hybridized carbons (Fsp3) is 0.714. The van der Waals surface area contributed by atoms with Gasteiger partial charge < -0.3 is 14.7 Å². The summed E-state index contributed by atoms with van der Waals surface area (Å²) in [5.41, 5.74) is 0.381. The molecular weight excluding hydrogens is 242 g/mol. The number of aryl methyl sites for hydroxylation is 1. The molecule has 0 aliphatic heterocycles. The van der Waals surface area contributed by atoms with E-state index < -0.39 is 0 Å². The average Bonchev–Trinajstić information content (AvgIpc) is 2.88. The first kappa shape index (κ1) is 15.7. The highest BCUT2D eigenvalue weighted by Gasteiger charge is 2.11. The maximum Gasteiger partial charge on any atom is 0.273 e. The van der Waals surface area contributed by atoms with Crippen LogP contribution in [0.5, 0.6) is 0 Å². The maximum absolute atomic E-state index is 11.8. The third-order valence-electron chi connectivity index (χ3n) is 3.12. The lowest BCUT2D eigenvalue weighted by Gasteiger charge is -2.17. The van der Waals surface area contributed by atoms with Gasteiger partial charge in [0, 0.05) is 19.0 Å². The van der Waals surface area contributed by atoms with Crippen LogP contribution in [0.4, 0.5) is 0 Å². The number of carbonyl (C=O) groups excluding carboxylic acids is 1. The zero-order chi connectivity index (χ0) is 14.1. The van der Waals surface area contributed by atoms with Crippen LogP contribution in [0.2, 0.25) is 0 Å². The van der Waals surface area contributed by atoms with Crippen LogP contribution in [0.1, 0.15) is 49.9 Å². The summed E-state index contributed by atoms with van der Waals surface area (Å²) in [4.78, 5) is 14.1. The van der Waals surface area contributed by atoms with E-state index in [0.717, 1.165) is 44.7 Å². The van der Waals surface area contributed by atoms with E-state index in [2.05, 4.69) is 36.1 Å². The predicted molar refractivity (Wildman–Crippen MR) is 75.2 cm³/mol. The molecule has 0 aromatic carbocycles. The van der Waals surface area contributed by atoms with Gasteiger partial charge in [0.2, 0.25) is 0 Å². The molecule has 19 heavy (non-hydrogen) atoms. The van der Waals surface area contributed by atoms with Crippen LogP contribution < -0.4 is 5.32 Å². The first-order valence-corrected chi connectivity index (χ1v) is 7.17. The molecule has 1 aromatic heterocycles. The number of nitrogens with zero attached hydrogens (tertiary/aromatic N) is 2. The van der Waals surface area contributed by atoms with Crippen molar-refractivity contribution in [2.75, 3.05) is 26.2 Å². The molecule has 0 atom stereocenters. The first-order chi connectivity index (χ1) is 9.21. The van der Waals surface area contributed by atoms with Crippen molar-refractivity contribution in [3.63, 3.8) is 0 Å². The summed E-state index contributed by atoms with van der Waals surface area (Å²) in [7, 11) is 0. The van der Waals surface area contributed by atoms with Gasteiger partial charge in [0.15, 0.2) is 5.69 Å². The Morgan fingerprint density at radius 3 is 2.74 bits per heavy atom. The molecule has 0 unspecified atom stereocenters. The van der Waals surface area contributed by atoms with Crippen LogP contribution in [0.15, 0.2) is 10.6 Å². The molecule has 5 heteroatoms. The predicted octanol–water partition coefficient (Wildman–Crippen LogP) is 2.09. The van der Waals surface area contributed by atoms with Crippen LogP contribution in [-0.4, -0.2) is 42.1 Å². The van der Waals surface area contributed by atoms with Crippen LogP contribution >= 0.6 is 0 Å². The van der Waals surface area contributed by atoms with Crippen molar-refractivity contribution in [1.29, 1.82) is 0 Å². The van der Waals surface area contributed by atoms with Crippen LogP contribution in [-0.2, 0) is 6.42 Å². The van der Waals surface area contributed by atoms with E-state index >= 15 is 0 Å². The third kappa shape index (κ3) is 5.42. The van der Waals surface area contributed by atoms with Crippen molar-refractivity contribution in [2.45, 2.75) is 40.0 Å². The fourth-order valence-corrected chi connectivity index (χ4v) is 1.92. The zero-order valence-electron chi connectivity index (χ0n) is 12.2. The molecular formula is C14H25N3O2. The molecule has 0 spiro atoms. The molecule has 1 aromatic rings. The Morgan fingerprint density at radius 2 is 2.11 bits per heavy atom. The minimum Gasteiger partial charge on any atom is -0.361 e. The highest BCUT2D eigenvalue weighted by atomic mass is 16.5. The highest BCUT2D eigenvalue weighted by Crippen LogP contribution is 2.05. The summed E-state index contributed by atoms with van der Waals surface area (Å²) in [6.07, 6.45) is 2.76. The lowest BCUT2D eigenvalue weighted by Crippen LogP contribution is -2.30. The van der Waals surface area contributed by atoms with Gasteiger partial charge >= 0.3 is 0 Å². The normalized spacial score (nSPS) is 10.9. The van der Waals surface area contributed by atoms with Crippen LogP contribution in [0.3, 0.4) is 0 Å². The largest absolute Gasteiger partial charge is 0.361 e. The quantitative estimate of drug-likeness (QED) is 0.696. The Hall–Kier alpha value is -1.36. The van der Waals surface area contributed by atoms with Crippen LogP contribution in [0.25, 0.3) is 0 Å². The monoisotopic (exact) mass is 267 g/mol. The molecule has 0 fully saturated rings. The maximum atomic E-state index is 11.8. The van der Waals surface area contributed by atoms with Gasteiger partial charge in [-0.25, -0.2) is 0 Å². The molecule has 1 amide bonds. The molecule has 0 aliphatic rings. The highest BCUT2D eigenvalue weighted by molar-refractivity contribution is 5.92. The van der Waals surface area contributed by atoms with Crippen molar-refractivity contribution in [1.82, 2.24) is 15.4 Å². The fourth-order valence-electron chi connectivity index (χ4n) is 1.92. The Labute approximate surface area is 115 Å². The summed E-state index contributed by atoms with van der Waals surface area (Å²) < 4.78 is 5.09. The molecule has 0 aliphatic carbocycles. The van der Waals surface area contributed by atoms with E-state index in [1.807, 2.05) is 0 Å². The van der Waals surface area contributed by atoms with Gasteiger partial charge in [0.25, 0.3) is 5.91 Å². The first-order valence-electron chi connectivity index (χ1n) is 7.17. The summed E-state index contributed by atoms with van der Waals surface area (Å²) in [5.74, 6) is 0.626. The molecule has 1 N–H and O–H groups in total.